The minimum atomic E-state index is 0.774. The summed E-state index contributed by atoms with van der Waals surface area (Å²) in [5.41, 5.74) is 5.46. The summed E-state index contributed by atoms with van der Waals surface area (Å²) in [5, 5.41) is 0. The van der Waals surface area contributed by atoms with Gasteiger partial charge in [0, 0.05) is 12.2 Å². The summed E-state index contributed by atoms with van der Waals surface area (Å²) >= 11 is 1.92. The van der Waals surface area contributed by atoms with E-state index in [1.165, 1.54) is 11.1 Å². The van der Waals surface area contributed by atoms with E-state index in [2.05, 4.69) is 74.1 Å². The zero-order valence-corrected chi connectivity index (χ0v) is 15.3. The van der Waals surface area contributed by atoms with Gasteiger partial charge in [-0.05, 0) is 16.9 Å². The van der Waals surface area contributed by atoms with Gasteiger partial charge in [-0.1, -0.05) is 60.7 Å². The zero-order valence-electron chi connectivity index (χ0n) is 14.5. The van der Waals surface area contributed by atoms with Crippen LogP contribution < -0.4 is 0 Å². The highest BCUT2D eigenvalue weighted by atomic mass is 32.2. The molecule has 0 fully saturated rings. The topological polar surface area (TPSA) is 43.6 Å². The van der Waals surface area contributed by atoms with Crippen molar-refractivity contribution in [1.82, 2.24) is 19.5 Å². The monoisotopic (exact) mass is 360 g/mol. The van der Waals surface area contributed by atoms with Crippen LogP contribution in [0.4, 0.5) is 0 Å². The van der Waals surface area contributed by atoms with Crippen LogP contribution in [0.3, 0.4) is 0 Å². The van der Waals surface area contributed by atoms with Crippen LogP contribution in [-0.2, 0) is 18.7 Å². The number of hydrogen-bond donors (Lipinski definition) is 0. The fourth-order valence-corrected chi connectivity index (χ4v) is 3.85. The van der Waals surface area contributed by atoms with Gasteiger partial charge in [0.05, 0.1) is 18.6 Å². The third kappa shape index (κ3) is 3.94. The van der Waals surface area contributed by atoms with Crippen LogP contribution >= 0.6 is 11.8 Å². The molecule has 2 heterocycles. The number of fused-ring (bicyclic) bond motifs is 1. The molecule has 0 atom stereocenters. The molecule has 130 valence electrons. The number of hydrogen-bond acceptors (Lipinski definition) is 4. The lowest BCUT2D eigenvalue weighted by molar-refractivity contribution is 0.812. The number of aromatic nitrogens is 4. The summed E-state index contributed by atoms with van der Waals surface area (Å²) in [6.07, 6.45) is 4.43. The van der Waals surface area contributed by atoms with Gasteiger partial charge in [-0.25, -0.2) is 15.0 Å². The molecule has 26 heavy (non-hydrogen) atoms. The molecule has 0 aliphatic rings. The molecule has 0 radical (unpaired) electrons. The number of thioether (sulfide) groups is 1. The van der Waals surface area contributed by atoms with Crippen molar-refractivity contribution >= 4 is 22.9 Å². The molecule has 0 saturated heterocycles. The van der Waals surface area contributed by atoms with Crippen LogP contribution in [-0.4, -0.2) is 25.3 Å². The summed E-state index contributed by atoms with van der Waals surface area (Å²) in [6, 6.07) is 20.9. The molecule has 0 N–H and O–H groups in total. The lowest BCUT2D eigenvalue weighted by atomic mass is 10.2. The van der Waals surface area contributed by atoms with E-state index in [0.717, 1.165) is 41.3 Å². The largest absolute Gasteiger partial charge is 0.311 e. The second kappa shape index (κ2) is 8.15. The number of nitrogens with zero attached hydrogens (tertiary/aromatic N) is 4. The molecule has 0 bridgehead atoms. The second-order valence-corrected chi connectivity index (χ2v) is 7.24. The Morgan fingerprint density at radius 1 is 0.808 bits per heavy atom. The van der Waals surface area contributed by atoms with Crippen LogP contribution in [0.25, 0.3) is 11.2 Å². The van der Waals surface area contributed by atoms with Crippen molar-refractivity contribution in [1.29, 1.82) is 0 Å². The van der Waals surface area contributed by atoms with E-state index in [4.69, 9.17) is 0 Å². The first-order chi connectivity index (χ1) is 12.9. The molecular weight excluding hydrogens is 340 g/mol. The molecule has 4 rings (SSSR count). The molecule has 0 unspecified atom stereocenters. The first kappa shape index (κ1) is 16.8. The molecule has 4 nitrogen and oxygen atoms in total. The van der Waals surface area contributed by atoms with Crippen molar-refractivity contribution in [2.24, 2.45) is 0 Å². The van der Waals surface area contributed by atoms with Gasteiger partial charge < -0.3 is 4.57 Å². The first-order valence-electron chi connectivity index (χ1n) is 8.70. The van der Waals surface area contributed by atoms with Gasteiger partial charge in [-0.2, -0.15) is 11.8 Å². The minimum Gasteiger partial charge on any atom is -0.311 e. The van der Waals surface area contributed by atoms with Gasteiger partial charge in [0.1, 0.15) is 11.8 Å². The van der Waals surface area contributed by atoms with Gasteiger partial charge in [-0.3, -0.25) is 0 Å². The normalized spacial score (nSPS) is 11.1. The maximum atomic E-state index is 4.58. The predicted molar refractivity (Wildman–Crippen MR) is 107 cm³/mol. The third-order valence-electron chi connectivity index (χ3n) is 4.27. The van der Waals surface area contributed by atoms with Gasteiger partial charge in [0.15, 0.2) is 5.65 Å². The summed E-state index contributed by atoms with van der Waals surface area (Å²) in [5.74, 6) is 2.05. The Labute approximate surface area is 157 Å². The fourth-order valence-electron chi connectivity index (χ4n) is 2.94. The Kier molecular flexibility index (Phi) is 5.26. The first-order valence-corrected chi connectivity index (χ1v) is 9.86. The Hall–Kier alpha value is -2.66. The second-order valence-electron chi connectivity index (χ2n) is 6.14. The molecule has 2 aromatic heterocycles. The average molecular weight is 360 g/mol. The van der Waals surface area contributed by atoms with E-state index in [9.17, 15) is 0 Å². The van der Waals surface area contributed by atoms with Crippen LogP contribution in [0, 0.1) is 0 Å². The van der Waals surface area contributed by atoms with Gasteiger partial charge in [-0.15, -0.1) is 0 Å². The standard InChI is InChI=1S/C21H20N4S/c1-3-7-17(8-4-1)13-25-16-24-20-19(22-15-23-21(20)25)11-12-26-14-18-9-5-2-6-10-18/h1-10,15-16H,11-14H2. The average Bonchev–Trinajstić information content (AvgIpc) is 3.10. The van der Waals surface area contributed by atoms with Crippen molar-refractivity contribution in [2.75, 3.05) is 5.75 Å². The number of imidazole rings is 1. The van der Waals surface area contributed by atoms with Gasteiger partial charge in [0.2, 0.25) is 0 Å². The van der Waals surface area contributed by atoms with Crippen molar-refractivity contribution in [3.63, 3.8) is 0 Å². The number of benzene rings is 2. The summed E-state index contributed by atoms with van der Waals surface area (Å²) in [7, 11) is 0. The van der Waals surface area contributed by atoms with Crippen LogP contribution in [0.15, 0.2) is 73.3 Å². The summed E-state index contributed by atoms with van der Waals surface area (Å²) in [4.78, 5) is 13.5. The van der Waals surface area contributed by atoms with Crippen LogP contribution in [0.5, 0.6) is 0 Å². The van der Waals surface area contributed by atoms with Crippen molar-refractivity contribution in [2.45, 2.75) is 18.7 Å². The Morgan fingerprint density at radius 3 is 2.31 bits per heavy atom. The minimum absolute atomic E-state index is 0.774. The van der Waals surface area contributed by atoms with E-state index >= 15 is 0 Å². The molecule has 0 aliphatic carbocycles. The van der Waals surface area contributed by atoms with E-state index in [0.29, 0.717) is 0 Å². The molecular formula is C21H20N4S. The molecule has 5 heteroatoms. The molecule has 0 aliphatic heterocycles. The molecule has 0 spiro atoms. The quantitative estimate of drug-likeness (QED) is 0.460. The maximum absolute atomic E-state index is 4.58. The third-order valence-corrected chi connectivity index (χ3v) is 5.30. The molecule has 2 aromatic carbocycles. The summed E-state index contributed by atoms with van der Waals surface area (Å²) < 4.78 is 2.09. The summed E-state index contributed by atoms with van der Waals surface area (Å²) in [6.45, 7) is 0.774. The van der Waals surface area contributed by atoms with E-state index in [-0.39, 0.29) is 0 Å². The van der Waals surface area contributed by atoms with Crippen molar-refractivity contribution < 1.29 is 0 Å². The Balaban J connectivity index is 1.43. The maximum Gasteiger partial charge on any atom is 0.163 e. The van der Waals surface area contributed by atoms with E-state index < -0.39 is 0 Å². The Bertz CT molecular complexity index is 967. The highest BCUT2D eigenvalue weighted by molar-refractivity contribution is 7.98. The van der Waals surface area contributed by atoms with Gasteiger partial charge >= 0.3 is 0 Å². The van der Waals surface area contributed by atoms with Crippen LogP contribution in [0.2, 0.25) is 0 Å². The van der Waals surface area contributed by atoms with E-state index in [1.54, 1.807) is 6.33 Å². The smallest absolute Gasteiger partial charge is 0.163 e. The Morgan fingerprint density at radius 2 is 1.54 bits per heavy atom. The fraction of sp³-hybridized carbons (Fsp3) is 0.190. The highest BCUT2D eigenvalue weighted by Crippen LogP contribution is 2.18. The lowest BCUT2D eigenvalue weighted by Crippen LogP contribution is -2.01. The highest BCUT2D eigenvalue weighted by Gasteiger charge is 2.10. The van der Waals surface area contributed by atoms with Crippen molar-refractivity contribution in [3.8, 4) is 0 Å². The lowest BCUT2D eigenvalue weighted by Gasteiger charge is -2.05. The van der Waals surface area contributed by atoms with Crippen LogP contribution in [0.1, 0.15) is 16.8 Å². The SMILES string of the molecule is c1ccc(CSCCc2ncnc3c2ncn3Cc2ccccc2)cc1. The van der Waals surface area contributed by atoms with Crippen molar-refractivity contribution in [3.05, 3.63) is 90.1 Å². The van der Waals surface area contributed by atoms with E-state index in [1.807, 2.05) is 24.2 Å². The predicted octanol–water partition coefficient (Wildman–Crippen LogP) is 4.35. The van der Waals surface area contributed by atoms with Gasteiger partial charge in [0.25, 0.3) is 0 Å². The molecule has 0 saturated carbocycles. The zero-order chi connectivity index (χ0) is 17.6. The molecule has 0 amide bonds. The number of rotatable bonds is 7. The number of aryl methyl sites for hydroxylation is 1. The molecule has 4 aromatic rings.